The second-order valence-electron chi connectivity index (χ2n) is 3.83. The third-order valence-electron chi connectivity index (χ3n) is 2.21. The summed E-state index contributed by atoms with van der Waals surface area (Å²) in [7, 11) is -4.14. The third kappa shape index (κ3) is 2.64. The Morgan fingerprint density at radius 2 is 1.57 bits per heavy atom. The summed E-state index contributed by atoms with van der Waals surface area (Å²) in [6, 6.07) is 5.26. The lowest BCUT2D eigenvalue weighted by molar-refractivity contribution is 0.615. The number of halogens is 2. The maximum absolute atomic E-state index is 13.7. The Kier molecular flexibility index (Phi) is 3.42. The van der Waals surface area contributed by atoms with Crippen LogP contribution < -0.4 is 5.19 Å². The van der Waals surface area contributed by atoms with Gasteiger partial charge in [-0.2, -0.15) is 0 Å². The molecule has 0 amide bonds. The van der Waals surface area contributed by atoms with Crippen molar-refractivity contribution in [2.75, 3.05) is 0 Å². The first-order valence-electron chi connectivity index (χ1n) is 4.92. The van der Waals surface area contributed by atoms with Crippen LogP contribution in [-0.4, -0.2) is 8.74 Å². The number of aryl methyl sites for hydroxylation is 2. The molecule has 0 aliphatic rings. The minimum Gasteiger partial charge on any atom is -0.265 e. The normalized spacial score (nSPS) is 11.8. The molecule has 0 N–H and O–H groups in total. The molecule has 0 radical (unpaired) electrons. The first-order valence-corrected chi connectivity index (χ1v) is 6.88. The van der Waals surface area contributed by atoms with Crippen molar-refractivity contribution in [1.82, 2.24) is 0 Å². The molecule has 0 atom stereocenters. The van der Waals surface area contributed by atoms with Crippen molar-refractivity contribution in [1.29, 1.82) is 0 Å². The van der Waals surface area contributed by atoms with Crippen LogP contribution in [0.5, 0.6) is 0 Å². The van der Waals surface area contributed by atoms with Crippen LogP contribution in [0.3, 0.4) is 0 Å². The van der Waals surface area contributed by atoms with E-state index in [4.69, 9.17) is 0 Å². The summed E-state index contributed by atoms with van der Waals surface area (Å²) in [6.45, 7) is 5.55. The van der Waals surface area contributed by atoms with Crippen LogP contribution in [0.15, 0.2) is 18.2 Å². The lowest BCUT2D eigenvalue weighted by Crippen LogP contribution is -2.38. The summed E-state index contributed by atoms with van der Waals surface area (Å²) < 4.78 is 27.3. The van der Waals surface area contributed by atoms with E-state index in [1.54, 1.807) is 12.1 Å². The predicted octanol–water partition coefficient (Wildman–Crippen LogP) is 3.30. The molecule has 78 valence electrons. The Morgan fingerprint density at radius 3 is 2.00 bits per heavy atom. The van der Waals surface area contributed by atoms with Crippen LogP contribution in [-0.2, 0) is 0 Å². The molecule has 0 saturated carbocycles. The fourth-order valence-electron chi connectivity index (χ4n) is 1.64. The van der Waals surface area contributed by atoms with E-state index in [1.807, 2.05) is 26.8 Å². The van der Waals surface area contributed by atoms with Crippen LogP contribution in [0.25, 0.3) is 0 Å². The summed E-state index contributed by atoms with van der Waals surface area (Å²) in [4.78, 5) is 0. The highest BCUT2D eigenvalue weighted by atomic mass is 28.4. The molecule has 14 heavy (non-hydrogen) atoms. The molecule has 0 aliphatic heterocycles. The van der Waals surface area contributed by atoms with Crippen LogP contribution >= 0.6 is 0 Å². The van der Waals surface area contributed by atoms with E-state index in [1.165, 1.54) is 0 Å². The average molecular weight is 214 g/mol. The highest BCUT2D eigenvalue weighted by Gasteiger charge is 2.36. The van der Waals surface area contributed by atoms with Gasteiger partial charge in [-0.15, -0.1) is 0 Å². The summed E-state index contributed by atoms with van der Waals surface area (Å²) in [5.74, 6) is 0. The number of rotatable bonds is 3. The van der Waals surface area contributed by atoms with Gasteiger partial charge < -0.3 is 0 Å². The van der Waals surface area contributed by atoms with Gasteiger partial charge in [-0.25, -0.2) is 0 Å². The monoisotopic (exact) mass is 214 g/mol. The quantitative estimate of drug-likeness (QED) is 0.535. The van der Waals surface area contributed by atoms with E-state index in [-0.39, 0.29) is 11.2 Å². The maximum Gasteiger partial charge on any atom is 0.455 e. The van der Waals surface area contributed by atoms with Crippen molar-refractivity contribution in [2.24, 2.45) is 0 Å². The van der Waals surface area contributed by atoms with Crippen LogP contribution in [0, 0.1) is 13.8 Å². The molecule has 0 unspecified atom stereocenters. The Hall–Kier alpha value is -0.703. The van der Waals surface area contributed by atoms with E-state index in [9.17, 15) is 8.22 Å². The standard InChI is InChI=1S/C11H16F2Si/c1-4-5-14(12,13)11-7-9(2)6-10(3)8-11/h6-8H,4-5H2,1-3H3. The van der Waals surface area contributed by atoms with E-state index >= 15 is 0 Å². The van der Waals surface area contributed by atoms with E-state index < -0.39 is 8.74 Å². The largest absolute Gasteiger partial charge is 0.455 e. The van der Waals surface area contributed by atoms with Gasteiger partial charge >= 0.3 is 8.74 Å². The first-order chi connectivity index (χ1) is 6.45. The fraction of sp³-hybridized carbons (Fsp3) is 0.455. The van der Waals surface area contributed by atoms with Gasteiger partial charge in [0.15, 0.2) is 0 Å². The Morgan fingerprint density at radius 1 is 1.07 bits per heavy atom. The highest BCUT2D eigenvalue weighted by molar-refractivity contribution is 6.80. The zero-order chi connectivity index (χ0) is 10.8. The molecule has 1 aromatic rings. The maximum atomic E-state index is 13.7. The molecule has 0 nitrogen and oxygen atoms in total. The van der Waals surface area contributed by atoms with Gasteiger partial charge in [-0.3, -0.25) is 8.22 Å². The molecule has 0 aromatic heterocycles. The molecule has 0 bridgehead atoms. The van der Waals surface area contributed by atoms with Gasteiger partial charge in [0.05, 0.1) is 0 Å². The molecule has 0 spiro atoms. The Balaban J connectivity index is 3.05. The summed E-state index contributed by atoms with van der Waals surface area (Å²) in [5, 5.41) is 0.289. The van der Waals surface area contributed by atoms with E-state index in [2.05, 4.69) is 0 Å². The summed E-state index contributed by atoms with van der Waals surface area (Å²) in [6.07, 6.45) is 0.562. The number of hydrogen-bond acceptors (Lipinski definition) is 0. The van der Waals surface area contributed by atoms with Crippen molar-refractivity contribution in [2.45, 2.75) is 33.2 Å². The van der Waals surface area contributed by atoms with Crippen LogP contribution in [0.2, 0.25) is 6.04 Å². The lowest BCUT2D eigenvalue weighted by atomic mass is 10.2. The van der Waals surface area contributed by atoms with Gasteiger partial charge in [0.25, 0.3) is 0 Å². The van der Waals surface area contributed by atoms with Crippen LogP contribution in [0.1, 0.15) is 24.5 Å². The second-order valence-corrected chi connectivity index (χ2v) is 6.32. The lowest BCUT2D eigenvalue weighted by Gasteiger charge is -2.13. The topological polar surface area (TPSA) is 0 Å². The van der Waals surface area contributed by atoms with Crippen molar-refractivity contribution in [3.05, 3.63) is 29.3 Å². The minimum atomic E-state index is -4.14. The number of hydrogen-bond donors (Lipinski definition) is 0. The van der Waals surface area contributed by atoms with Gasteiger partial charge in [-0.05, 0) is 13.8 Å². The molecule has 0 saturated heterocycles. The molecular formula is C11H16F2Si. The summed E-state index contributed by atoms with van der Waals surface area (Å²) >= 11 is 0. The Labute approximate surface area is 85.3 Å². The van der Waals surface area contributed by atoms with Crippen molar-refractivity contribution in [3.63, 3.8) is 0 Å². The minimum absolute atomic E-state index is 0.0654. The van der Waals surface area contributed by atoms with Crippen molar-refractivity contribution >= 4 is 13.9 Å². The molecule has 0 heterocycles. The molecule has 3 heteroatoms. The SMILES string of the molecule is CCC[Si](F)(F)c1cc(C)cc(C)c1. The smallest absolute Gasteiger partial charge is 0.265 e. The molecular weight excluding hydrogens is 198 g/mol. The molecule has 0 aliphatic carbocycles. The van der Waals surface area contributed by atoms with Gasteiger partial charge in [0.2, 0.25) is 0 Å². The first kappa shape index (κ1) is 11.4. The van der Waals surface area contributed by atoms with Gasteiger partial charge in [-0.1, -0.05) is 42.7 Å². The average Bonchev–Trinajstić information content (AvgIpc) is 2.02. The zero-order valence-electron chi connectivity index (χ0n) is 8.90. The fourth-order valence-corrected chi connectivity index (χ4v) is 3.44. The molecule has 1 rings (SSSR count). The number of benzene rings is 1. The van der Waals surface area contributed by atoms with Crippen molar-refractivity contribution in [3.8, 4) is 0 Å². The van der Waals surface area contributed by atoms with Crippen LogP contribution in [0.4, 0.5) is 8.22 Å². The molecule has 1 aromatic carbocycles. The zero-order valence-corrected chi connectivity index (χ0v) is 9.90. The Bertz CT molecular complexity index is 301. The second kappa shape index (κ2) is 4.21. The van der Waals surface area contributed by atoms with E-state index in [0.29, 0.717) is 6.42 Å². The van der Waals surface area contributed by atoms with Gasteiger partial charge in [0.1, 0.15) is 0 Å². The summed E-state index contributed by atoms with van der Waals surface area (Å²) in [5.41, 5.74) is 1.87. The van der Waals surface area contributed by atoms with Crippen molar-refractivity contribution < 1.29 is 8.22 Å². The predicted molar refractivity (Wildman–Crippen MR) is 58.6 cm³/mol. The van der Waals surface area contributed by atoms with Gasteiger partial charge in [0, 0.05) is 11.2 Å². The van der Waals surface area contributed by atoms with E-state index in [0.717, 1.165) is 11.1 Å². The third-order valence-corrected chi connectivity index (χ3v) is 4.47. The molecule has 0 fully saturated rings. The highest BCUT2D eigenvalue weighted by Crippen LogP contribution is 2.17.